The second kappa shape index (κ2) is 13.3. The summed E-state index contributed by atoms with van der Waals surface area (Å²) >= 11 is 0. The van der Waals surface area contributed by atoms with Crippen LogP contribution in [0.2, 0.25) is 0 Å². The predicted octanol–water partition coefficient (Wildman–Crippen LogP) is 7.19. The summed E-state index contributed by atoms with van der Waals surface area (Å²) in [5.74, 6) is 2.76. The molecule has 0 aromatic carbocycles. The highest BCUT2D eigenvalue weighted by molar-refractivity contribution is 7.48. The van der Waals surface area contributed by atoms with Gasteiger partial charge < -0.3 is 0 Å². The van der Waals surface area contributed by atoms with Crippen LogP contribution in [0.5, 0.6) is 0 Å². The molecule has 0 radical (unpaired) electrons. The normalized spacial score (nSPS) is 18.3. The fraction of sp³-hybridized carbons (Fsp3) is 1.00. The molecule has 3 unspecified atom stereocenters. The number of hydrogen-bond acceptors (Lipinski definition) is 4. The average Bonchev–Trinajstić information content (AvgIpc) is 2.47. The molecule has 0 aliphatic carbocycles. The molecule has 3 atom stereocenters. The fourth-order valence-corrected chi connectivity index (χ4v) is 4.92. The van der Waals surface area contributed by atoms with Gasteiger partial charge in [-0.3, -0.25) is 13.6 Å². The zero-order valence-electron chi connectivity index (χ0n) is 18.8. The Morgan fingerprint density at radius 2 is 0.769 bits per heavy atom. The van der Waals surface area contributed by atoms with Crippen molar-refractivity contribution < 1.29 is 18.1 Å². The molecule has 0 aromatic rings. The molecule has 0 amide bonds. The van der Waals surface area contributed by atoms with Gasteiger partial charge in [0.1, 0.15) is 0 Å². The van der Waals surface area contributed by atoms with Crippen LogP contribution in [0.3, 0.4) is 0 Å². The molecule has 5 heteroatoms. The fourth-order valence-electron chi connectivity index (χ4n) is 3.39. The van der Waals surface area contributed by atoms with Gasteiger partial charge in [-0.25, -0.2) is 4.57 Å². The van der Waals surface area contributed by atoms with Crippen molar-refractivity contribution in [3.63, 3.8) is 0 Å². The topological polar surface area (TPSA) is 44.8 Å². The van der Waals surface area contributed by atoms with Crippen LogP contribution in [-0.2, 0) is 18.1 Å². The second-order valence-corrected chi connectivity index (χ2v) is 11.2. The number of rotatable bonds is 15. The minimum atomic E-state index is -3.51. The summed E-state index contributed by atoms with van der Waals surface area (Å²) in [6.45, 7) is 20.7. The van der Waals surface area contributed by atoms with Crippen molar-refractivity contribution >= 4 is 7.82 Å². The van der Waals surface area contributed by atoms with E-state index in [0.29, 0.717) is 55.3 Å². The van der Waals surface area contributed by atoms with Crippen LogP contribution in [0.4, 0.5) is 0 Å². The van der Waals surface area contributed by atoms with Gasteiger partial charge in [-0.15, -0.1) is 0 Å². The van der Waals surface area contributed by atoms with E-state index in [4.69, 9.17) is 13.6 Å². The highest BCUT2D eigenvalue weighted by Gasteiger charge is 2.29. The smallest absolute Gasteiger partial charge is 0.287 e. The van der Waals surface area contributed by atoms with Crippen LogP contribution >= 0.6 is 7.82 Å². The van der Waals surface area contributed by atoms with Crippen LogP contribution in [0.1, 0.15) is 81.6 Å². The monoisotopic (exact) mass is 392 g/mol. The Morgan fingerprint density at radius 1 is 0.538 bits per heavy atom. The Kier molecular flexibility index (Phi) is 13.4. The van der Waals surface area contributed by atoms with Gasteiger partial charge in [0.2, 0.25) is 0 Å². The van der Waals surface area contributed by atoms with Crippen LogP contribution < -0.4 is 0 Å². The van der Waals surface area contributed by atoms with E-state index in [0.717, 1.165) is 19.3 Å². The Hall–Kier alpha value is 0.110. The van der Waals surface area contributed by atoms with E-state index < -0.39 is 7.82 Å². The maximum absolute atomic E-state index is 13.1. The maximum Gasteiger partial charge on any atom is 0.474 e. The van der Waals surface area contributed by atoms with E-state index in [1.807, 2.05) is 0 Å². The largest absolute Gasteiger partial charge is 0.474 e. The first-order valence-electron chi connectivity index (χ1n) is 10.5. The van der Waals surface area contributed by atoms with Crippen molar-refractivity contribution in [2.75, 3.05) is 19.8 Å². The third-order valence-electron chi connectivity index (χ3n) is 4.17. The van der Waals surface area contributed by atoms with E-state index in [2.05, 4.69) is 62.3 Å². The Balaban J connectivity index is 4.70. The van der Waals surface area contributed by atoms with Gasteiger partial charge >= 0.3 is 7.82 Å². The summed E-state index contributed by atoms with van der Waals surface area (Å²) in [6, 6.07) is 0. The highest BCUT2D eigenvalue weighted by Crippen LogP contribution is 2.51. The van der Waals surface area contributed by atoms with E-state index in [1.54, 1.807) is 0 Å². The van der Waals surface area contributed by atoms with E-state index >= 15 is 0 Å². The third kappa shape index (κ3) is 14.2. The lowest BCUT2D eigenvalue weighted by Gasteiger charge is -2.24. The number of phosphoric ester groups is 1. The zero-order valence-corrected chi connectivity index (χ0v) is 19.7. The Labute approximate surface area is 163 Å². The second-order valence-electron chi connectivity index (χ2n) is 9.54. The molecular formula is C21H45O4P. The first kappa shape index (κ1) is 26.1. The van der Waals surface area contributed by atoms with Crippen molar-refractivity contribution in [2.45, 2.75) is 81.6 Å². The minimum absolute atomic E-state index is 0.330. The van der Waals surface area contributed by atoms with Crippen molar-refractivity contribution in [3.05, 3.63) is 0 Å². The average molecular weight is 393 g/mol. The van der Waals surface area contributed by atoms with Gasteiger partial charge in [-0.05, 0) is 54.8 Å². The van der Waals surface area contributed by atoms with Gasteiger partial charge in [-0.1, -0.05) is 62.3 Å². The molecule has 0 saturated heterocycles. The van der Waals surface area contributed by atoms with Crippen molar-refractivity contribution in [2.24, 2.45) is 35.5 Å². The molecule has 0 N–H and O–H groups in total. The molecule has 0 saturated carbocycles. The Bertz CT molecular complexity index is 338. The molecule has 0 spiro atoms. The number of hydrogen-bond donors (Lipinski definition) is 0. The summed E-state index contributed by atoms with van der Waals surface area (Å²) < 4.78 is 30.3. The molecule has 0 aliphatic heterocycles. The summed E-state index contributed by atoms with van der Waals surface area (Å²) in [5.41, 5.74) is 0. The summed E-state index contributed by atoms with van der Waals surface area (Å²) in [7, 11) is -3.51. The van der Waals surface area contributed by atoms with Crippen LogP contribution in [0, 0.1) is 35.5 Å². The van der Waals surface area contributed by atoms with Gasteiger partial charge in [0.15, 0.2) is 0 Å². The van der Waals surface area contributed by atoms with Gasteiger partial charge in [0.25, 0.3) is 0 Å². The van der Waals surface area contributed by atoms with E-state index in [1.165, 1.54) is 0 Å². The predicted molar refractivity (Wildman–Crippen MR) is 111 cm³/mol. The molecular weight excluding hydrogens is 347 g/mol. The molecule has 158 valence electrons. The Morgan fingerprint density at radius 3 is 0.962 bits per heavy atom. The molecule has 26 heavy (non-hydrogen) atoms. The molecule has 0 heterocycles. The lowest BCUT2D eigenvalue weighted by Crippen LogP contribution is -2.15. The minimum Gasteiger partial charge on any atom is -0.287 e. The third-order valence-corrected chi connectivity index (χ3v) is 5.57. The van der Waals surface area contributed by atoms with Gasteiger partial charge in [-0.2, -0.15) is 0 Å². The zero-order chi connectivity index (χ0) is 20.3. The molecule has 0 fully saturated rings. The lowest BCUT2D eigenvalue weighted by atomic mass is 10.0. The quantitative estimate of drug-likeness (QED) is 0.277. The van der Waals surface area contributed by atoms with Crippen molar-refractivity contribution in [1.29, 1.82) is 0 Å². The molecule has 0 aromatic heterocycles. The number of phosphoric acid groups is 1. The first-order valence-corrected chi connectivity index (χ1v) is 11.9. The van der Waals surface area contributed by atoms with Crippen molar-refractivity contribution in [1.82, 2.24) is 0 Å². The van der Waals surface area contributed by atoms with Gasteiger partial charge in [0, 0.05) is 0 Å². The summed E-state index contributed by atoms with van der Waals surface area (Å²) in [6.07, 6.45) is 3.11. The van der Waals surface area contributed by atoms with Crippen LogP contribution in [0.25, 0.3) is 0 Å². The first-order chi connectivity index (χ1) is 11.9. The molecule has 0 aliphatic rings. The van der Waals surface area contributed by atoms with Crippen LogP contribution in [0.15, 0.2) is 0 Å². The highest BCUT2D eigenvalue weighted by atomic mass is 31.2. The van der Waals surface area contributed by atoms with E-state index in [-0.39, 0.29) is 0 Å². The molecule has 0 rings (SSSR count). The summed E-state index contributed by atoms with van der Waals surface area (Å²) in [4.78, 5) is 0. The van der Waals surface area contributed by atoms with E-state index in [9.17, 15) is 4.57 Å². The van der Waals surface area contributed by atoms with Crippen LogP contribution in [-0.4, -0.2) is 19.8 Å². The standard InChI is InChI=1S/C21H45O4P/c1-16(2)10-19(7)13-23-26(22,24-14-20(8)11-17(3)4)25-15-21(9)12-18(5)6/h16-21H,10-15H2,1-9H3. The lowest BCUT2D eigenvalue weighted by molar-refractivity contribution is 0.0767. The summed E-state index contributed by atoms with van der Waals surface area (Å²) in [5, 5.41) is 0. The van der Waals surface area contributed by atoms with Gasteiger partial charge in [0.05, 0.1) is 19.8 Å². The SMILES string of the molecule is CC(C)CC(C)COP(=O)(OCC(C)CC(C)C)OCC(C)CC(C)C. The maximum atomic E-state index is 13.1. The molecule has 0 bridgehead atoms. The van der Waals surface area contributed by atoms with Crippen molar-refractivity contribution in [3.8, 4) is 0 Å². The molecule has 4 nitrogen and oxygen atoms in total.